The molecule has 4 heteroatoms. The molecule has 0 saturated heterocycles. The number of hydrogen-bond donors (Lipinski definition) is 1. The molecule has 0 aliphatic rings. The van der Waals surface area contributed by atoms with Gasteiger partial charge in [0.25, 0.3) is 0 Å². The van der Waals surface area contributed by atoms with Gasteiger partial charge in [-0.25, -0.2) is 4.98 Å². The van der Waals surface area contributed by atoms with Gasteiger partial charge in [-0.3, -0.25) is 0 Å². The maximum Gasteiger partial charge on any atom is 0.126 e. The predicted octanol–water partition coefficient (Wildman–Crippen LogP) is 1.27. The van der Waals surface area contributed by atoms with Crippen LogP contribution in [0.25, 0.3) is 0 Å². The van der Waals surface area contributed by atoms with E-state index in [9.17, 15) is 0 Å². The molecular formula is C7H8ClN3. The Morgan fingerprint density at radius 2 is 2.27 bits per heavy atom. The van der Waals surface area contributed by atoms with E-state index >= 15 is 0 Å². The molecule has 11 heavy (non-hydrogen) atoms. The molecule has 0 saturated carbocycles. The van der Waals surface area contributed by atoms with Crippen molar-refractivity contribution in [1.82, 2.24) is 4.98 Å². The van der Waals surface area contributed by atoms with Crippen molar-refractivity contribution in [1.29, 1.82) is 5.26 Å². The van der Waals surface area contributed by atoms with Crippen LogP contribution in [0.3, 0.4) is 0 Å². The van der Waals surface area contributed by atoms with Gasteiger partial charge in [-0.15, -0.1) is 12.4 Å². The van der Waals surface area contributed by atoms with E-state index < -0.39 is 0 Å². The second kappa shape index (κ2) is 3.79. The SMILES string of the molecule is Cc1cc(C#N)cnc1N.Cl. The molecule has 0 fully saturated rings. The van der Waals surface area contributed by atoms with Crippen molar-refractivity contribution in [2.75, 3.05) is 5.73 Å². The Balaban J connectivity index is 0.000001000. The van der Waals surface area contributed by atoms with Gasteiger partial charge in [0.15, 0.2) is 0 Å². The van der Waals surface area contributed by atoms with Gasteiger partial charge in [-0.2, -0.15) is 5.26 Å². The molecule has 0 spiro atoms. The molecule has 1 aromatic heterocycles. The van der Waals surface area contributed by atoms with E-state index in [-0.39, 0.29) is 12.4 Å². The Labute approximate surface area is 71.3 Å². The van der Waals surface area contributed by atoms with Gasteiger partial charge < -0.3 is 5.73 Å². The summed E-state index contributed by atoms with van der Waals surface area (Å²) in [4.78, 5) is 3.80. The fraction of sp³-hybridized carbons (Fsp3) is 0.143. The first kappa shape index (κ1) is 9.73. The van der Waals surface area contributed by atoms with Crippen LogP contribution in [0, 0.1) is 18.3 Å². The quantitative estimate of drug-likeness (QED) is 0.636. The van der Waals surface area contributed by atoms with Crippen molar-refractivity contribution in [3.05, 3.63) is 23.4 Å². The average molecular weight is 170 g/mol. The summed E-state index contributed by atoms with van der Waals surface area (Å²) in [6, 6.07) is 3.69. The van der Waals surface area contributed by atoms with Gasteiger partial charge in [-0.1, -0.05) is 0 Å². The fourth-order valence-corrected chi connectivity index (χ4v) is 0.647. The summed E-state index contributed by atoms with van der Waals surface area (Å²) in [6.07, 6.45) is 1.46. The van der Waals surface area contributed by atoms with Crippen molar-refractivity contribution in [2.45, 2.75) is 6.92 Å². The largest absolute Gasteiger partial charge is 0.383 e. The van der Waals surface area contributed by atoms with Gasteiger partial charge in [-0.05, 0) is 18.6 Å². The molecular weight excluding hydrogens is 162 g/mol. The minimum atomic E-state index is 0. The Morgan fingerprint density at radius 1 is 1.64 bits per heavy atom. The molecule has 1 aromatic rings. The van der Waals surface area contributed by atoms with Crippen molar-refractivity contribution in [3.8, 4) is 6.07 Å². The lowest BCUT2D eigenvalue weighted by atomic mass is 10.2. The van der Waals surface area contributed by atoms with Crippen molar-refractivity contribution < 1.29 is 0 Å². The smallest absolute Gasteiger partial charge is 0.126 e. The zero-order chi connectivity index (χ0) is 7.56. The molecule has 0 radical (unpaired) electrons. The van der Waals surface area contributed by atoms with Crippen LogP contribution in [0.15, 0.2) is 12.3 Å². The molecule has 1 heterocycles. The number of nitrogens with zero attached hydrogens (tertiary/aromatic N) is 2. The minimum absolute atomic E-state index is 0. The molecule has 0 aliphatic heterocycles. The highest BCUT2D eigenvalue weighted by Gasteiger charge is 1.94. The van der Waals surface area contributed by atoms with Crippen LogP contribution in [-0.2, 0) is 0 Å². The summed E-state index contributed by atoms with van der Waals surface area (Å²) >= 11 is 0. The monoisotopic (exact) mass is 169 g/mol. The van der Waals surface area contributed by atoms with E-state index in [1.165, 1.54) is 6.20 Å². The number of rotatable bonds is 0. The summed E-state index contributed by atoms with van der Waals surface area (Å²) in [6.45, 7) is 1.82. The highest BCUT2D eigenvalue weighted by Crippen LogP contribution is 2.07. The number of aryl methyl sites for hydroxylation is 1. The van der Waals surface area contributed by atoms with E-state index in [1.54, 1.807) is 6.07 Å². The molecule has 0 aliphatic carbocycles. The minimum Gasteiger partial charge on any atom is -0.383 e. The van der Waals surface area contributed by atoms with Crippen LogP contribution in [0.2, 0.25) is 0 Å². The lowest BCUT2D eigenvalue weighted by Gasteiger charge is -1.95. The molecule has 2 N–H and O–H groups in total. The summed E-state index contributed by atoms with van der Waals surface area (Å²) in [5, 5.41) is 8.42. The van der Waals surface area contributed by atoms with Crippen LogP contribution in [-0.4, -0.2) is 4.98 Å². The van der Waals surface area contributed by atoms with E-state index in [1.807, 2.05) is 13.0 Å². The number of hydrogen-bond acceptors (Lipinski definition) is 3. The lowest BCUT2D eigenvalue weighted by Crippen LogP contribution is -1.93. The Morgan fingerprint density at radius 3 is 2.73 bits per heavy atom. The van der Waals surface area contributed by atoms with Crippen molar-refractivity contribution >= 4 is 18.2 Å². The van der Waals surface area contributed by atoms with Crippen LogP contribution in [0.5, 0.6) is 0 Å². The van der Waals surface area contributed by atoms with Gasteiger partial charge in [0.05, 0.1) is 5.56 Å². The third-order valence-corrected chi connectivity index (χ3v) is 1.25. The Bertz CT molecular complexity index is 290. The summed E-state index contributed by atoms with van der Waals surface area (Å²) in [7, 11) is 0. The third kappa shape index (κ3) is 2.10. The van der Waals surface area contributed by atoms with E-state index in [0.717, 1.165) is 5.56 Å². The third-order valence-electron chi connectivity index (χ3n) is 1.25. The number of nitrogens with two attached hydrogens (primary N) is 1. The topological polar surface area (TPSA) is 62.7 Å². The van der Waals surface area contributed by atoms with Gasteiger partial charge >= 0.3 is 0 Å². The predicted molar refractivity (Wildman–Crippen MR) is 45.3 cm³/mol. The highest BCUT2D eigenvalue weighted by molar-refractivity contribution is 5.85. The second-order valence-corrected chi connectivity index (χ2v) is 2.04. The molecule has 1 rings (SSSR count). The number of pyridine rings is 1. The van der Waals surface area contributed by atoms with Crippen molar-refractivity contribution in [2.24, 2.45) is 0 Å². The lowest BCUT2D eigenvalue weighted by molar-refractivity contribution is 1.26. The molecule has 0 amide bonds. The Hall–Kier alpha value is -1.27. The first-order valence-electron chi connectivity index (χ1n) is 2.86. The summed E-state index contributed by atoms with van der Waals surface area (Å²) < 4.78 is 0. The molecule has 3 nitrogen and oxygen atoms in total. The number of aromatic nitrogens is 1. The number of nitriles is 1. The van der Waals surface area contributed by atoms with Gasteiger partial charge in [0.1, 0.15) is 11.9 Å². The van der Waals surface area contributed by atoms with Gasteiger partial charge in [0.2, 0.25) is 0 Å². The number of halogens is 1. The molecule has 0 aromatic carbocycles. The van der Waals surface area contributed by atoms with E-state index in [4.69, 9.17) is 11.0 Å². The first-order chi connectivity index (χ1) is 4.74. The van der Waals surface area contributed by atoms with E-state index in [0.29, 0.717) is 11.4 Å². The zero-order valence-electron chi connectivity index (χ0n) is 6.03. The van der Waals surface area contributed by atoms with Crippen LogP contribution < -0.4 is 5.73 Å². The standard InChI is InChI=1S/C7H7N3.ClH/c1-5-2-6(3-8)4-10-7(5)9;/h2,4H,1H3,(H2,9,10);1H. The highest BCUT2D eigenvalue weighted by atomic mass is 35.5. The van der Waals surface area contributed by atoms with Gasteiger partial charge in [0, 0.05) is 6.20 Å². The zero-order valence-corrected chi connectivity index (χ0v) is 6.85. The second-order valence-electron chi connectivity index (χ2n) is 2.04. The molecule has 0 atom stereocenters. The normalized spacial score (nSPS) is 8.00. The summed E-state index contributed by atoms with van der Waals surface area (Å²) in [5.74, 6) is 0.485. The van der Waals surface area contributed by atoms with Crippen molar-refractivity contribution in [3.63, 3.8) is 0 Å². The summed E-state index contributed by atoms with van der Waals surface area (Å²) in [5.41, 5.74) is 6.82. The fourth-order valence-electron chi connectivity index (χ4n) is 0.647. The maximum absolute atomic E-state index is 8.42. The molecule has 58 valence electrons. The molecule has 0 bridgehead atoms. The first-order valence-corrected chi connectivity index (χ1v) is 2.86. The molecule has 0 unspecified atom stereocenters. The van der Waals surface area contributed by atoms with Crippen LogP contribution in [0.1, 0.15) is 11.1 Å². The Kier molecular flexibility index (Phi) is 3.35. The van der Waals surface area contributed by atoms with Crippen LogP contribution in [0.4, 0.5) is 5.82 Å². The van der Waals surface area contributed by atoms with E-state index in [2.05, 4.69) is 4.98 Å². The maximum atomic E-state index is 8.42. The van der Waals surface area contributed by atoms with Crippen LogP contribution >= 0.6 is 12.4 Å². The average Bonchev–Trinajstić information content (AvgIpc) is 1.95. The number of anilines is 1. The number of nitrogen functional groups attached to an aromatic ring is 1.